The number of para-hydroxylation sites is 1. The van der Waals surface area contributed by atoms with Gasteiger partial charge in [-0.1, -0.05) is 12.1 Å². The molecule has 0 amide bonds. The Morgan fingerprint density at radius 2 is 2.19 bits per heavy atom. The summed E-state index contributed by atoms with van der Waals surface area (Å²) in [5.74, 6) is 0. The van der Waals surface area contributed by atoms with Gasteiger partial charge < -0.3 is 9.72 Å². The van der Waals surface area contributed by atoms with Gasteiger partial charge in [0.15, 0.2) is 5.16 Å². The number of rotatable bonds is 1. The fourth-order valence-electron chi connectivity index (χ4n) is 1.23. The molecule has 0 atom stereocenters. The van der Waals surface area contributed by atoms with Crippen LogP contribution in [-0.4, -0.2) is 22.4 Å². The van der Waals surface area contributed by atoms with Crippen molar-refractivity contribution in [2.24, 2.45) is 0 Å². The number of benzene rings is 1. The van der Waals surface area contributed by atoms with Crippen LogP contribution >= 0.6 is 11.8 Å². The molecule has 5 nitrogen and oxygen atoms in total. The Morgan fingerprint density at radius 1 is 1.44 bits per heavy atom. The summed E-state index contributed by atoms with van der Waals surface area (Å²) >= 11 is 0.745. The highest BCUT2D eigenvalue weighted by atomic mass is 32.2. The van der Waals surface area contributed by atoms with Gasteiger partial charge in [-0.2, -0.15) is 0 Å². The Hall–Kier alpha value is -1.82. The number of hydrogen-bond acceptors (Lipinski definition) is 5. The highest BCUT2D eigenvalue weighted by Gasteiger charge is 2.08. The van der Waals surface area contributed by atoms with Gasteiger partial charge in [-0.25, -0.2) is 9.78 Å². The van der Waals surface area contributed by atoms with Crippen LogP contribution in [0.4, 0.5) is 4.79 Å². The first-order valence-corrected chi connectivity index (χ1v) is 5.27. The van der Waals surface area contributed by atoms with E-state index in [4.69, 9.17) is 0 Å². The lowest BCUT2D eigenvalue weighted by Gasteiger charge is -2.00. The molecule has 1 aromatic carbocycles. The third-order valence-corrected chi connectivity index (χ3v) is 2.66. The van der Waals surface area contributed by atoms with Crippen LogP contribution in [0.1, 0.15) is 0 Å². The predicted octanol–water partition coefficient (Wildman–Crippen LogP) is 1.78. The first-order valence-electron chi connectivity index (χ1n) is 4.45. The molecule has 82 valence electrons. The number of fused-ring (bicyclic) bond motifs is 1. The molecular formula is C10H8N2O3S. The van der Waals surface area contributed by atoms with Gasteiger partial charge in [-0.05, 0) is 12.1 Å². The van der Waals surface area contributed by atoms with Crippen molar-refractivity contribution in [2.45, 2.75) is 5.16 Å². The van der Waals surface area contributed by atoms with Gasteiger partial charge in [-0.15, -0.1) is 0 Å². The van der Waals surface area contributed by atoms with E-state index >= 15 is 0 Å². The second-order valence-electron chi connectivity index (χ2n) is 2.94. The summed E-state index contributed by atoms with van der Waals surface area (Å²) in [7, 11) is 1.27. The normalized spacial score (nSPS) is 10.3. The molecule has 1 N–H and O–H groups in total. The van der Waals surface area contributed by atoms with Crippen LogP contribution in [0, 0.1) is 0 Å². The SMILES string of the molecule is COC(=O)Sc1nc2ccccc2c(=O)[nH]1. The molecule has 6 heteroatoms. The zero-order valence-corrected chi connectivity index (χ0v) is 9.21. The van der Waals surface area contributed by atoms with Crippen LogP contribution in [0.5, 0.6) is 0 Å². The molecule has 0 aliphatic heterocycles. The highest BCUT2D eigenvalue weighted by Crippen LogP contribution is 2.16. The number of nitrogens with one attached hydrogen (secondary N) is 1. The van der Waals surface area contributed by atoms with Crippen molar-refractivity contribution in [1.82, 2.24) is 9.97 Å². The van der Waals surface area contributed by atoms with E-state index in [1.54, 1.807) is 24.3 Å². The summed E-state index contributed by atoms with van der Waals surface area (Å²) in [6.45, 7) is 0. The Morgan fingerprint density at radius 3 is 2.94 bits per heavy atom. The van der Waals surface area contributed by atoms with Crippen molar-refractivity contribution in [3.05, 3.63) is 34.6 Å². The Kier molecular flexibility index (Phi) is 2.91. The number of nitrogens with zero attached hydrogens (tertiary/aromatic N) is 1. The minimum Gasteiger partial charge on any atom is -0.461 e. The van der Waals surface area contributed by atoms with Crippen molar-refractivity contribution < 1.29 is 9.53 Å². The molecule has 0 bridgehead atoms. The maximum atomic E-state index is 11.6. The number of methoxy groups -OCH3 is 1. The minimum absolute atomic E-state index is 0.232. The maximum Gasteiger partial charge on any atom is 0.374 e. The number of thioether (sulfide) groups is 1. The lowest BCUT2D eigenvalue weighted by molar-refractivity contribution is 0.200. The molecular weight excluding hydrogens is 228 g/mol. The average Bonchev–Trinajstić information content (AvgIpc) is 2.29. The van der Waals surface area contributed by atoms with Crippen LogP contribution in [-0.2, 0) is 4.74 Å². The Bertz CT molecular complexity index is 594. The lowest BCUT2D eigenvalue weighted by Crippen LogP contribution is -2.09. The molecule has 1 aromatic heterocycles. The molecule has 0 unspecified atom stereocenters. The monoisotopic (exact) mass is 236 g/mol. The van der Waals surface area contributed by atoms with Crippen molar-refractivity contribution >= 4 is 28.0 Å². The van der Waals surface area contributed by atoms with Gasteiger partial charge in [0.25, 0.3) is 5.56 Å². The number of carbonyl (C=O) groups is 1. The molecule has 0 aliphatic rings. The fraction of sp³-hybridized carbons (Fsp3) is 0.100. The number of aromatic nitrogens is 2. The summed E-state index contributed by atoms with van der Waals surface area (Å²) in [6, 6.07) is 6.92. The third-order valence-electron chi connectivity index (χ3n) is 1.94. The molecule has 0 radical (unpaired) electrons. The molecule has 0 saturated heterocycles. The van der Waals surface area contributed by atoms with Gasteiger partial charge in [0.05, 0.1) is 18.0 Å². The predicted molar refractivity (Wildman–Crippen MR) is 60.6 cm³/mol. The summed E-state index contributed by atoms with van der Waals surface area (Å²) < 4.78 is 4.47. The summed E-state index contributed by atoms with van der Waals surface area (Å²) in [6.07, 6.45) is 0. The summed E-state index contributed by atoms with van der Waals surface area (Å²) in [4.78, 5) is 29.3. The number of aromatic amines is 1. The number of ether oxygens (including phenoxy) is 1. The highest BCUT2D eigenvalue weighted by molar-refractivity contribution is 8.13. The van der Waals surface area contributed by atoms with E-state index in [1.807, 2.05) is 0 Å². The standard InChI is InChI=1S/C10H8N2O3S/c1-15-10(14)16-9-11-7-5-3-2-4-6(7)8(13)12-9/h2-5H,1H3,(H,11,12,13). The van der Waals surface area contributed by atoms with Crippen LogP contribution in [0.2, 0.25) is 0 Å². The maximum absolute atomic E-state index is 11.6. The van der Waals surface area contributed by atoms with E-state index in [9.17, 15) is 9.59 Å². The topological polar surface area (TPSA) is 72.0 Å². The van der Waals surface area contributed by atoms with Gasteiger partial charge in [0, 0.05) is 11.8 Å². The lowest BCUT2D eigenvalue weighted by atomic mass is 10.2. The van der Waals surface area contributed by atoms with Crippen molar-refractivity contribution in [1.29, 1.82) is 0 Å². The van der Waals surface area contributed by atoms with Gasteiger partial charge >= 0.3 is 5.30 Å². The fourth-order valence-corrected chi connectivity index (χ4v) is 1.76. The van der Waals surface area contributed by atoms with Crippen molar-refractivity contribution in [3.63, 3.8) is 0 Å². The number of H-pyrrole nitrogens is 1. The zero-order valence-electron chi connectivity index (χ0n) is 8.39. The minimum atomic E-state index is -0.515. The summed E-state index contributed by atoms with van der Waals surface area (Å²) in [5, 5.41) is 0.214. The van der Waals surface area contributed by atoms with E-state index < -0.39 is 5.30 Å². The van der Waals surface area contributed by atoms with E-state index in [-0.39, 0.29) is 10.7 Å². The van der Waals surface area contributed by atoms with Gasteiger partial charge in [-0.3, -0.25) is 4.79 Å². The Balaban J connectivity index is 2.50. The second-order valence-corrected chi connectivity index (χ2v) is 3.87. The van der Waals surface area contributed by atoms with Crippen LogP contribution in [0.25, 0.3) is 10.9 Å². The average molecular weight is 236 g/mol. The number of carbonyl (C=O) groups excluding carboxylic acids is 1. The molecule has 0 aliphatic carbocycles. The van der Waals surface area contributed by atoms with E-state index in [0.717, 1.165) is 11.8 Å². The quantitative estimate of drug-likeness (QED) is 0.464. The van der Waals surface area contributed by atoms with E-state index in [1.165, 1.54) is 7.11 Å². The van der Waals surface area contributed by atoms with E-state index in [2.05, 4.69) is 14.7 Å². The first-order chi connectivity index (χ1) is 7.70. The van der Waals surface area contributed by atoms with Gasteiger partial charge in [0.1, 0.15) is 0 Å². The van der Waals surface area contributed by atoms with Gasteiger partial charge in [0.2, 0.25) is 0 Å². The molecule has 0 fully saturated rings. The van der Waals surface area contributed by atoms with Crippen LogP contribution in [0.15, 0.2) is 34.2 Å². The molecule has 0 saturated carbocycles. The summed E-state index contributed by atoms with van der Waals surface area (Å²) in [5.41, 5.74) is 0.287. The molecule has 0 spiro atoms. The molecule has 1 heterocycles. The largest absolute Gasteiger partial charge is 0.461 e. The smallest absolute Gasteiger partial charge is 0.374 e. The number of hydrogen-bond donors (Lipinski definition) is 1. The van der Waals surface area contributed by atoms with E-state index in [0.29, 0.717) is 10.9 Å². The third kappa shape index (κ3) is 2.06. The molecule has 16 heavy (non-hydrogen) atoms. The van der Waals surface area contributed by atoms with Crippen molar-refractivity contribution in [2.75, 3.05) is 7.11 Å². The zero-order chi connectivity index (χ0) is 11.5. The van der Waals surface area contributed by atoms with Crippen molar-refractivity contribution in [3.8, 4) is 0 Å². The second kappa shape index (κ2) is 4.36. The van der Waals surface area contributed by atoms with Crippen LogP contribution in [0.3, 0.4) is 0 Å². The van der Waals surface area contributed by atoms with Crippen LogP contribution < -0.4 is 5.56 Å². The first kappa shape index (κ1) is 10.7. The Labute approximate surface area is 94.8 Å². The molecule has 2 rings (SSSR count). The molecule has 2 aromatic rings.